The van der Waals surface area contributed by atoms with E-state index in [0.717, 1.165) is 32.1 Å². The SMILES string of the molecule is CCCCC(CCC)Nc1cccc(Br)c1C(=O)O. The number of benzene rings is 1. The lowest BCUT2D eigenvalue weighted by Crippen LogP contribution is -2.21. The van der Waals surface area contributed by atoms with Gasteiger partial charge in [0.25, 0.3) is 0 Å². The molecule has 0 aliphatic rings. The van der Waals surface area contributed by atoms with Gasteiger partial charge < -0.3 is 10.4 Å². The average Bonchev–Trinajstić information content (AvgIpc) is 2.35. The standard InChI is InChI=1S/C15H22BrNO2/c1-3-5-8-11(7-4-2)17-13-10-6-9-12(16)14(13)15(18)19/h6,9-11,17H,3-5,7-8H2,1-2H3,(H,18,19). The summed E-state index contributed by atoms with van der Waals surface area (Å²) in [6, 6.07) is 5.80. The minimum atomic E-state index is -0.902. The van der Waals surface area contributed by atoms with Crippen LogP contribution in [0.2, 0.25) is 0 Å². The first-order valence-corrected chi connectivity index (χ1v) is 7.67. The molecule has 0 aliphatic carbocycles. The molecule has 1 rings (SSSR count). The molecule has 1 aromatic carbocycles. The number of rotatable bonds is 8. The number of carboxylic acid groups (broad SMARTS) is 1. The molecule has 1 atom stereocenters. The smallest absolute Gasteiger partial charge is 0.338 e. The van der Waals surface area contributed by atoms with Gasteiger partial charge in [-0.3, -0.25) is 0 Å². The summed E-state index contributed by atoms with van der Waals surface area (Å²) in [5, 5.41) is 12.7. The monoisotopic (exact) mass is 327 g/mol. The van der Waals surface area contributed by atoms with Crippen LogP contribution < -0.4 is 5.32 Å². The molecule has 1 unspecified atom stereocenters. The largest absolute Gasteiger partial charge is 0.478 e. The van der Waals surface area contributed by atoms with E-state index in [0.29, 0.717) is 21.8 Å². The molecule has 0 aliphatic heterocycles. The highest BCUT2D eigenvalue weighted by Gasteiger charge is 2.16. The van der Waals surface area contributed by atoms with Gasteiger partial charge in [0.15, 0.2) is 0 Å². The summed E-state index contributed by atoms with van der Waals surface area (Å²) in [6.07, 6.45) is 5.56. The lowest BCUT2D eigenvalue weighted by atomic mass is 10.0. The number of aromatic carboxylic acids is 1. The Bertz CT molecular complexity index is 421. The minimum Gasteiger partial charge on any atom is -0.478 e. The fraction of sp³-hybridized carbons (Fsp3) is 0.533. The van der Waals surface area contributed by atoms with Crippen molar-refractivity contribution in [1.29, 1.82) is 0 Å². The number of carboxylic acids is 1. The van der Waals surface area contributed by atoms with Crippen molar-refractivity contribution in [2.45, 2.75) is 52.0 Å². The zero-order valence-corrected chi connectivity index (χ0v) is 13.2. The zero-order valence-electron chi connectivity index (χ0n) is 11.6. The second-order valence-electron chi connectivity index (χ2n) is 4.74. The van der Waals surface area contributed by atoms with Crippen LogP contribution in [0.4, 0.5) is 5.69 Å². The molecular formula is C15H22BrNO2. The Hall–Kier alpha value is -1.03. The number of anilines is 1. The van der Waals surface area contributed by atoms with E-state index < -0.39 is 5.97 Å². The van der Waals surface area contributed by atoms with Crippen LogP contribution in [0.15, 0.2) is 22.7 Å². The third-order valence-corrected chi connectivity index (χ3v) is 3.79. The van der Waals surface area contributed by atoms with Crippen molar-refractivity contribution in [3.63, 3.8) is 0 Å². The van der Waals surface area contributed by atoms with Crippen molar-refractivity contribution in [1.82, 2.24) is 0 Å². The van der Waals surface area contributed by atoms with Crippen molar-refractivity contribution in [2.75, 3.05) is 5.32 Å². The van der Waals surface area contributed by atoms with Gasteiger partial charge in [0.1, 0.15) is 0 Å². The Kier molecular flexibility index (Phi) is 6.92. The van der Waals surface area contributed by atoms with Crippen molar-refractivity contribution < 1.29 is 9.90 Å². The van der Waals surface area contributed by atoms with Crippen LogP contribution in [0.25, 0.3) is 0 Å². The number of hydrogen-bond acceptors (Lipinski definition) is 2. The topological polar surface area (TPSA) is 49.3 Å². The van der Waals surface area contributed by atoms with Crippen LogP contribution in [0.1, 0.15) is 56.3 Å². The van der Waals surface area contributed by atoms with Crippen molar-refractivity contribution >= 4 is 27.6 Å². The summed E-state index contributed by atoms with van der Waals surface area (Å²) < 4.78 is 0.621. The quantitative estimate of drug-likeness (QED) is 0.712. The Morgan fingerprint density at radius 3 is 2.63 bits per heavy atom. The molecule has 4 heteroatoms. The molecule has 2 N–H and O–H groups in total. The van der Waals surface area contributed by atoms with Gasteiger partial charge in [-0.05, 0) is 40.9 Å². The maximum absolute atomic E-state index is 11.3. The predicted molar refractivity (Wildman–Crippen MR) is 82.9 cm³/mol. The molecule has 0 aromatic heterocycles. The summed E-state index contributed by atoms with van der Waals surface area (Å²) in [5.74, 6) is -0.902. The van der Waals surface area contributed by atoms with Crippen LogP contribution in [0.5, 0.6) is 0 Å². The predicted octanol–water partition coefficient (Wildman–Crippen LogP) is 4.92. The van der Waals surface area contributed by atoms with Gasteiger partial charge in [0, 0.05) is 10.5 Å². The zero-order chi connectivity index (χ0) is 14.3. The molecule has 0 spiro atoms. The molecule has 0 saturated carbocycles. The van der Waals surface area contributed by atoms with Crippen molar-refractivity contribution in [3.8, 4) is 0 Å². The van der Waals surface area contributed by atoms with E-state index in [1.165, 1.54) is 0 Å². The minimum absolute atomic E-state index is 0.320. The van der Waals surface area contributed by atoms with Gasteiger partial charge in [0.2, 0.25) is 0 Å². The fourth-order valence-corrected chi connectivity index (χ4v) is 2.71. The van der Waals surface area contributed by atoms with Gasteiger partial charge in [0.05, 0.1) is 11.3 Å². The summed E-state index contributed by atoms with van der Waals surface area (Å²) in [6.45, 7) is 4.32. The lowest BCUT2D eigenvalue weighted by molar-refractivity contribution is 0.0697. The average molecular weight is 328 g/mol. The van der Waals surface area contributed by atoms with Crippen LogP contribution in [-0.2, 0) is 0 Å². The van der Waals surface area contributed by atoms with Gasteiger partial charge in [-0.1, -0.05) is 39.2 Å². The van der Waals surface area contributed by atoms with Gasteiger partial charge in [-0.15, -0.1) is 0 Å². The van der Waals surface area contributed by atoms with E-state index >= 15 is 0 Å². The first kappa shape index (κ1) is 16.0. The number of unbranched alkanes of at least 4 members (excludes halogenated alkanes) is 1. The highest BCUT2D eigenvalue weighted by molar-refractivity contribution is 9.10. The molecule has 0 radical (unpaired) electrons. The molecule has 1 aromatic rings. The molecule has 19 heavy (non-hydrogen) atoms. The number of nitrogens with one attached hydrogen (secondary N) is 1. The van der Waals surface area contributed by atoms with Gasteiger partial charge in [-0.2, -0.15) is 0 Å². The molecule has 3 nitrogen and oxygen atoms in total. The Morgan fingerprint density at radius 1 is 1.32 bits per heavy atom. The lowest BCUT2D eigenvalue weighted by Gasteiger charge is -2.21. The Balaban J connectivity index is 2.89. The number of halogens is 1. The van der Waals surface area contributed by atoms with Crippen LogP contribution in [0.3, 0.4) is 0 Å². The summed E-state index contributed by atoms with van der Waals surface area (Å²) in [7, 11) is 0. The molecule has 0 heterocycles. The van der Waals surface area contributed by atoms with E-state index in [9.17, 15) is 9.90 Å². The Labute approximate surface area is 123 Å². The number of carbonyl (C=O) groups is 1. The van der Waals surface area contributed by atoms with E-state index in [2.05, 4.69) is 35.1 Å². The van der Waals surface area contributed by atoms with Crippen LogP contribution >= 0.6 is 15.9 Å². The van der Waals surface area contributed by atoms with E-state index in [-0.39, 0.29) is 0 Å². The van der Waals surface area contributed by atoms with E-state index in [4.69, 9.17) is 0 Å². The molecule has 106 valence electrons. The number of hydrogen-bond donors (Lipinski definition) is 2. The fourth-order valence-electron chi connectivity index (χ4n) is 2.17. The molecule has 0 amide bonds. The van der Waals surface area contributed by atoms with E-state index in [1.807, 2.05) is 12.1 Å². The third-order valence-electron chi connectivity index (χ3n) is 3.13. The van der Waals surface area contributed by atoms with Crippen LogP contribution in [-0.4, -0.2) is 17.1 Å². The summed E-state index contributed by atoms with van der Waals surface area (Å²) in [4.78, 5) is 11.3. The normalized spacial score (nSPS) is 12.2. The van der Waals surface area contributed by atoms with Gasteiger partial charge >= 0.3 is 5.97 Å². The highest BCUT2D eigenvalue weighted by atomic mass is 79.9. The summed E-state index contributed by atoms with van der Waals surface area (Å²) >= 11 is 3.31. The first-order chi connectivity index (χ1) is 9.10. The van der Waals surface area contributed by atoms with Crippen molar-refractivity contribution in [3.05, 3.63) is 28.2 Å². The summed E-state index contributed by atoms with van der Waals surface area (Å²) in [5.41, 5.74) is 1.02. The maximum atomic E-state index is 11.3. The highest BCUT2D eigenvalue weighted by Crippen LogP contribution is 2.26. The molecule has 0 saturated heterocycles. The Morgan fingerprint density at radius 2 is 2.05 bits per heavy atom. The molecule has 0 bridgehead atoms. The molecule has 0 fully saturated rings. The maximum Gasteiger partial charge on any atom is 0.338 e. The second kappa shape index (κ2) is 8.20. The van der Waals surface area contributed by atoms with Crippen LogP contribution in [0, 0.1) is 0 Å². The second-order valence-corrected chi connectivity index (χ2v) is 5.59. The first-order valence-electron chi connectivity index (χ1n) is 6.88. The molecular weight excluding hydrogens is 306 g/mol. The third kappa shape index (κ3) is 4.86. The van der Waals surface area contributed by atoms with E-state index in [1.54, 1.807) is 6.07 Å². The van der Waals surface area contributed by atoms with Crippen molar-refractivity contribution in [2.24, 2.45) is 0 Å². The van der Waals surface area contributed by atoms with Gasteiger partial charge in [-0.25, -0.2) is 4.79 Å².